The van der Waals surface area contributed by atoms with Crippen LogP contribution in [0.4, 0.5) is 0 Å². The Labute approximate surface area is 66.7 Å². The van der Waals surface area contributed by atoms with E-state index in [2.05, 4.69) is 6.92 Å². The molecular formula is C9H13NO. The average molecular weight is 151 g/mol. The van der Waals surface area contributed by atoms with Gasteiger partial charge in [0.2, 0.25) is 0 Å². The van der Waals surface area contributed by atoms with Crippen LogP contribution in [0.5, 0.6) is 0 Å². The van der Waals surface area contributed by atoms with Crippen LogP contribution in [0.2, 0.25) is 0 Å². The van der Waals surface area contributed by atoms with E-state index in [1.807, 2.05) is 18.2 Å². The molecule has 60 valence electrons. The lowest BCUT2D eigenvalue weighted by molar-refractivity contribution is 0.550. The second-order valence-electron chi connectivity index (χ2n) is 2.30. The van der Waals surface area contributed by atoms with Gasteiger partial charge in [0.15, 0.2) is 0 Å². The van der Waals surface area contributed by atoms with Gasteiger partial charge in [-0.2, -0.15) is 0 Å². The van der Waals surface area contributed by atoms with E-state index in [0.717, 1.165) is 12.2 Å². The van der Waals surface area contributed by atoms with Gasteiger partial charge in [-0.15, -0.1) is 0 Å². The highest BCUT2D eigenvalue weighted by Crippen LogP contribution is 2.17. The third-order valence-electron chi connectivity index (χ3n) is 1.58. The SMILES string of the molecule is CCC(=CCN)c1ccco1. The topological polar surface area (TPSA) is 39.2 Å². The molecule has 0 saturated carbocycles. The molecule has 0 saturated heterocycles. The highest BCUT2D eigenvalue weighted by molar-refractivity contribution is 5.60. The first-order valence-corrected chi connectivity index (χ1v) is 3.81. The Balaban J connectivity index is 2.79. The second-order valence-corrected chi connectivity index (χ2v) is 2.30. The minimum atomic E-state index is 0.573. The van der Waals surface area contributed by atoms with Crippen molar-refractivity contribution in [3.8, 4) is 0 Å². The van der Waals surface area contributed by atoms with Gasteiger partial charge < -0.3 is 10.2 Å². The van der Waals surface area contributed by atoms with E-state index in [9.17, 15) is 0 Å². The van der Waals surface area contributed by atoms with Crippen molar-refractivity contribution in [1.29, 1.82) is 0 Å². The predicted molar refractivity (Wildman–Crippen MR) is 46.0 cm³/mol. The first-order chi connectivity index (χ1) is 5.38. The van der Waals surface area contributed by atoms with Crippen LogP contribution in [-0.4, -0.2) is 6.54 Å². The van der Waals surface area contributed by atoms with Gasteiger partial charge in [-0.1, -0.05) is 13.0 Å². The standard InChI is InChI=1S/C9H13NO/c1-2-8(5-6-10)9-4-3-7-11-9/h3-5,7H,2,6,10H2,1H3. The largest absolute Gasteiger partial charge is 0.465 e. The molecule has 11 heavy (non-hydrogen) atoms. The van der Waals surface area contributed by atoms with Crippen molar-refractivity contribution >= 4 is 5.57 Å². The van der Waals surface area contributed by atoms with Crippen LogP contribution in [0.25, 0.3) is 5.57 Å². The van der Waals surface area contributed by atoms with E-state index in [0.29, 0.717) is 6.54 Å². The summed E-state index contributed by atoms with van der Waals surface area (Å²) in [5.41, 5.74) is 6.57. The molecule has 0 spiro atoms. The molecule has 0 aliphatic carbocycles. The fourth-order valence-electron chi connectivity index (χ4n) is 1.02. The molecule has 0 unspecified atom stereocenters. The molecule has 1 rings (SSSR count). The number of furan rings is 1. The molecule has 2 nitrogen and oxygen atoms in total. The summed E-state index contributed by atoms with van der Waals surface area (Å²) < 4.78 is 5.22. The Morgan fingerprint density at radius 3 is 3.00 bits per heavy atom. The summed E-state index contributed by atoms with van der Waals surface area (Å²) in [6.07, 6.45) is 4.62. The Bertz CT molecular complexity index is 224. The normalized spacial score (nSPS) is 12.0. The zero-order chi connectivity index (χ0) is 8.10. The second kappa shape index (κ2) is 3.98. The summed E-state index contributed by atoms with van der Waals surface area (Å²) in [6.45, 7) is 2.66. The molecule has 1 aromatic rings. The van der Waals surface area contributed by atoms with Crippen molar-refractivity contribution in [2.75, 3.05) is 6.54 Å². The summed E-state index contributed by atoms with van der Waals surface area (Å²) in [6, 6.07) is 3.83. The fraction of sp³-hybridized carbons (Fsp3) is 0.333. The van der Waals surface area contributed by atoms with E-state index in [1.54, 1.807) is 6.26 Å². The molecule has 2 N–H and O–H groups in total. The zero-order valence-electron chi connectivity index (χ0n) is 6.71. The summed E-state index contributed by atoms with van der Waals surface area (Å²) in [5.74, 6) is 0.929. The van der Waals surface area contributed by atoms with Crippen LogP contribution >= 0.6 is 0 Å². The molecule has 0 aliphatic heterocycles. The number of hydrogen-bond donors (Lipinski definition) is 1. The zero-order valence-corrected chi connectivity index (χ0v) is 6.71. The van der Waals surface area contributed by atoms with Crippen molar-refractivity contribution in [3.05, 3.63) is 30.2 Å². The maximum absolute atomic E-state index is 5.39. The number of hydrogen-bond acceptors (Lipinski definition) is 2. The quantitative estimate of drug-likeness (QED) is 0.717. The summed E-state index contributed by atoms with van der Waals surface area (Å²) >= 11 is 0. The smallest absolute Gasteiger partial charge is 0.129 e. The minimum Gasteiger partial charge on any atom is -0.465 e. The van der Waals surface area contributed by atoms with Crippen LogP contribution in [0.1, 0.15) is 19.1 Å². The molecule has 0 fully saturated rings. The van der Waals surface area contributed by atoms with Gasteiger partial charge in [0.1, 0.15) is 5.76 Å². The third kappa shape index (κ3) is 1.95. The molecule has 2 heteroatoms. The highest BCUT2D eigenvalue weighted by Gasteiger charge is 1.99. The van der Waals surface area contributed by atoms with E-state index in [-0.39, 0.29) is 0 Å². The number of nitrogens with two attached hydrogens (primary N) is 1. The molecule has 1 aromatic heterocycles. The van der Waals surface area contributed by atoms with Crippen LogP contribution in [0.3, 0.4) is 0 Å². The van der Waals surface area contributed by atoms with Crippen molar-refractivity contribution in [3.63, 3.8) is 0 Å². The van der Waals surface area contributed by atoms with Gasteiger partial charge in [0, 0.05) is 6.54 Å². The third-order valence-corrected chi connectivity index (χ3v) is 1.58. The van der Waals surface area contributed by atoms with Gasteiger partial charge >= 0.3 is 0 Å². The van der Waals surface area contributed by atoms with Crippen molar-refractivity contribution in [1.82, 2.24) is 0 Å². The van der Waals surface area contributed by atoms with Crippen LogP contribution in [-0.2, 0) is 0 Å². The Morgan fingerprint density at radius 2 is 2.55 bits per heavy atom. The molecule has 0 aliphatic rings. The van der Waals surface area contributed by atoms with Gasteiger partial charge in [0.05, 0.1) is 6.26 Å². The van der Waals surface area contributed by atoms with Crippen molar-refractivity contribution < 1.29 is 4.42 Å². The Morgan fingerprint density at radius 1 is 1.73 bits per heavy atom. The van der Waals surface area contributed by atoms with E-state index >= 15 is 0 Å². The maximum atomic E-state index is 5.39. The van der Waals surface area contributed by atoms with Crippen LogP contribution < -0.4 is 5.73 Å². The minimum absolute atomic E-state index is 0.573. The van der Waals surface area contributed by atoms with Crippen molar-refractivity contribution in [2.45, 2.75) is 13.3 Å². The molecule has 0 radical (unpaired) electrons. The molecular weight excluding hydrogens is 138 g/mol. The molecule has 1 heterocycles. The number of rotatable bonds is 3. The van der Waals surface area contributed by atoms with Crippen molar-refractivity contribution in [2.24, 2.45) is 5.73 Å². The summed E-state index contributed by atoms with van der Waals surface area (Å²) in [4.78, 5) is 0. The first-order valence-electron chi connectivity index (χ1n) is 3.81. The van der Waals surface area contributed by atoms with Gasteiger partial charge in [-0.05, 0) is 24.1 Å². The van der Waals surface area contributed by atoms with Crippen LogP contribution in [0, 0.1) is 0 Å². The average Bonchev–Trinajstić information content (AvgIpc) is 2.52. The van der Waals surface area contributed by atoms with Gasteiger partial charge in [-0.25, -0.2) is 0 Å². The van der Waals surface area contributed by atoms with E-state index < -0.39 is 0 Å². The molecule has 0 atom stereocenters. The van der Waals surface area contributed by atoms with Gasteiger partial charge in [0.25, 0.3) is 0 Å². The Kier molecular flexibility index (Phi) is 2.93. The lowest BCUT2D eigenvalue weighted by atomic mass is 10.1. The first kappa shape index (κ1) is 8.08. The van der Waals surface area contributed by atoms with Crippen LogP contribution in [0.15, 0.2) is 28.9 Å². The fourth-order valence-corrected chi connectivity index (χ4v) is 1.02. The lowest BCUT2D eigenvalue weighted by Gasteiger charge is -1.97. The number of allylic oxidation sites excluding steroid dienone is 1. The predicted octanol–water partition coefficient (Wildman–Crippen LogP) is 2.03. The molecule has 0 amide bonds. The lowest BCUT2D eigenvalue weighted by Crippen LogP contribution is -1.94. The maximum Gasteiger partial charge on any atom is 0.129 e. The summed E-state index contributed by atoms with van der Waals surface area (Å²) in [7, 11) is 0. The Hall–Kier alpha value is -1.02. The molecule has 0 bridgehead atoms. The van der Waals surface area contributed by atoms with E-state index in [1.165, 1.54) is 5.57 Å². The summed E-state index contributed by atoms with van der Waals surface area (Å²) in [5, 5.41) is 0. The molecule has 0 aromatic carbocycles. The van der Waals surface area contributed by atoms with Gasteiger partial charge in [-0.3, -0.25) is 0 Å². The highest BCUT2D eigenvalue weighted by atomic mass is 16.3. The van der Waals surface area contributed by atoms with E-state index in [4.69, 9.17) is 10.2 Å². The monoisotopic (exact) mass is 151 g/mol.